The van der Waals surface area contributed by atoms with Crippen LogP contribution in [0.5, 0.6) is 0 Å². The van der Waals surface area contributed by atoms with Crippen LogP contribution in [0.15, 0.2) is 60.2 Å². The van der Waals surface area contributed by atoms with Crippen molar-refractivity contribution >= 4 is 17.2 Å². The molecular weight excluding hydrogens is 452 g/mol. The summed E-state index contributed by atoms with van der Waals surface area (Å²) in [4.78, 5) is 28.6. The number of nitrogens with zero attached hydrogens (tertiary/aromatic N) is 2. The molecule has 1 aliphatic heterocycles. The number of piperidine rings is 1. The summed E-state index contributed by atoms with van der Waals surface area (Å²) < 4.78 is 27.1. The van der Waals surface area contributed by atoms with Gasteiger partial charge in [0.25, 0.3) is 0 Å². The first-order chi connectivity index (χ1) is 16.9. The Kier molecular flexibility index (Phi) is 6.30. The first-order valence-corrected chi connectivity index (χ1v) is 11.8. The number of aryl methyl sites for hydroxylation is 1. The quantitative estimate of drug-likeness (QED) is 0.386. The number of hydrogen-bond donors (Lipinski definition) is 1. The lowest BCUT2D eigenvalue weighted by atomic mass is 9.85. The van der Waals surface area contributed by atoms with Crippen molar-refractivity contribution in [2.45, 2.75) is 25.7 Å². The number of Topliss-reactive ketones (excluding diaryl/α,β-unsaturated/α-hetero) is 1. The lowest BCUT2D eigenvalue weighted by Crippen LogP contribution is -2.39. The van der Waals surface area contributed by atoms with Crippen molar-refractivity contribution in [3.63, 3.8) is 0 Å². The summed E-state index contributed by atoms with van der Waals surface area (Å²) in [7, 11) is 0. The monoisotopic (exact) mass is 477 g/mol. The summed E-state index contributed by atoms with van der Waals surface area (Å²) in [6.07, 6.45) is 2.86. The Morgan fingerprint density at radius 1 is 0.971 bits per heavy atom. The van der Waals surface area contributed by atoms with Gasteiger partial charge in [-0.25, -0.2) is 13.8 Å². The highest BCUT2D eigenvalue weighted by molar-refractivity contribution is 6.00. The average molecular weight is 478 g/mol. The van der Waals surface area contributed by atoms with Gasteiger partial charge in [0.1, 0.15) is 17.3 Å². The Morgan fingerprint density at radius 2 is 1.54 bits per heavy atom. The van der Waals surface area contributed by atoms with Crippen LogP contribution in [0.1, 0.15) is 46.4 Å². The van der Waals surface area contributed by atoms with Crippen LogP contribution in [0.4, 0.5) is 14.6 Å². The predicted molar refractivity (Wildman–Crippen MR) is 128 cm³/mol. The summed E-state index contributed by atoms with van der Waals surface area (Å²) in [5.41, 5.74) is 5.11. The standard InChI is InChI=1S/C27H25F2N3O3/c28-21-6-1-17(2-7-21)26(18-3-8-22(29)9-4-18)19-11-13-31(14-12-19)16-20-5-10-24-23(27(20)33)15-25(30-24)32(34)35/h1-4,6-9,15,20,30H,5,10-14,16H2. The molecule has 6 nitrogen and oxygen atoms in total. The van der Waals surface area contributed by atoms with E-state index >= 15 is 0 Å². The Bertz CT molecular complexity index is 1240. The summed E-state index contributed by atoms with van der Waals surface area (Å²) in [6.45, 7) is 2.16. The maximum absolute atomic E-state index is 13.6. The number of ketones is 1. The molecule has 2 aliphatic rings. The van der Waals surface area contributed by atoms with Gasteiger partial charge in [-0.05, 0) is 65.2 Å². The lowest BCUT2D eigenvalue weighted by molar-refractivity contribution is -0.389. The molecule has 8 heteroatoms. The van der Waals surface area contributed by atoms with Gasteiger partial charge < -0.3 is 15.0 Å². The molecule has 1 aromatic heterocycles. The van der Waals surface area contributed by atoms with Crippen molar-refractivity contribution in [2.75, 3.05) is 19.6 Å². The number of carbonyl (C=O) groups excluding carboxylic acids is 1. The van der Waals surface area contributed by atoms with E-state index in [0.717, 1.165) is 42.6 Å². The van der Waals surface area contributed by atoms with Crippen LogP contribution in [-0.2, 0) is 6.42 Å². The van der Waals surface area contributed by atoms with Gasteiger partial charge in [-0.15, -0.1) is 0 Å². The second-order valence-electron chi connectivity index (χ2n) is 9.20. The van der Waals surface area contributed by atoms with Gasteiger partial charge in [0.15, 0.2) is 5.78 Å². The molecule has 0 saturated carbocycles. The van der Waals surface area contributed by atoms with E-state index in [4.69, 9.17) is 0 Å². The normalized spacial score (nSPS) is 18.4. The SMILES string of the molecule is O=C1c2cc([N+](=O)[O-])[nH]c2CCC1CN1CCC(=C(c2ccc(F)cc2)c2ccc(F)cc2)CC1. The van der Waals surface area contributed by atoms with Crippen molar-refractivity contribution in [3.8, 4) is 0 Å². The van der Waals surface area contributed by atoms with Gasteiger partial charge in [0.2, 0.25) is 0 Å². The molecule has 0 amide bonds. The highest BCUT2D eigenvalue weighted by atomic mass is 19.1. The van der Waals surface area contributed by atoms with Gasteiger partial charge >= 0.3 is 5.82 Å². The highest BCUT2D eigenvalue weighted by Crippen LogP contribution is 2.34. The molecule has 1 aliphatic carbocycles. The minimum absolute atomic E-state index is 0.0322. The number of nitro groups is 1. The molecular formula is C27H25F2N3O3. The first-order valence-electron chi connectivity index (χ1n) is 11.8. The molecule has 0 radical (unpaired) electrons. The van der Waals surface area contributed by atoms with E-state index in [2.05, 4.69) is 9.88 Å². The number of aromatic nitrogens is 1. The Morgan fingerprint density at radius 3 is 2.09 bits per heavy atom. The minimum Gasteiger partial charge on any atom is -0.358 e. The zero-order chi connectivity index (χ0) is 24.5. The third-order valence-electron chi connectivity index (χ3n) is 7.02. The Labute approximate surface area is 201 Å². The Hall–Kier alpha value is -3.65. The number of carbonyl (C=O) groups is 1. The number of rotatable bonds is 5. The van der Waals surface area contributed by atoms with Crippen molar-refractivity contribution < 1.29 is 18.5 Å². The fraction of sp³-hybridized carbons (Fsp3) is 0.296. The van der Waals surface area contributed by atoms with E-state index in [1.807, 2.05) is 0 Å². The molecule has 1 N–H and O–H groups in total. The van der Waals surface area contributed by atoms with Crippen LogP contribution in [0.2, 0.25) is 0 Å². The number of benzene rings is 2. The third kappa shape index (κ3) is 4.79. The molecule has 2 heterocycles. The fourth-order valence-electron chi connectivity index (χ4n) is 5.22. The molecule has 1 unspecified atom stereocenters. The maximum atomic E-state index is 13.6. The van der Waals surface area contributed by atoms with Crippen LogP contribution in [0, 0.1) is 27.7 Å². The van der Waals surface area contributed by atoms with Crippen molar-refractivity contribution in [1.82, 2.24) is 9.88 Å². The number of hydrogen-bond acceptors (Lipinski definition) is 4. The average Bonchev–Trinajstić information content (AvgIpc) is 3.30. The number of aromatic amines is 1. The van der Waals surface area contributed by atoms with Crippen LogP contribution < -0.4 is 0 Å². The Balaban J connectivity index is 1.32. The highest BCUT2D eigenvalue weighted by Gasteiger charge is 2.34. The van der Waals surface area contributed by atoms with Crippen molar-refractivity contribution in [1.29, 1.82) is 0 Å². The van der Waals surface area contributed by atoms with E-state index in [1.165, 1.54) is 35.9 Å². The first kappa shape index (κ1) is 23.1. The van der Waals surface area contributed by atoms with Crippen molar-refractivity contribution in [3.05, 3.63) is 104 Å². The summed E-state index contributed by atoms with van der Waals surface area (Å²) in [5.74, 6) is -0.960. The van der Waals surface area contributed by atoms with Gasteiger partial charge in [-0.3, -0.25) is 4.79 Å². The third-order valence-corrected chi connectivity index (χ3v) is 7.02. The number of halogens is 2. The maximum Gasteiger partial charge on any atom is 0.321 e. The molecule has 5 rings (SSSR count). The fourth-order valence-corrected chi connectivity index (χ4v) is 5.22. The molecule has 1 saturated heterocycles. The van der Waals surface area contributed by atoms with E-state index in [9.17, 15) is 23.7 Å². The number of fused-ring (bicyclic) bond motifs is 1. The topological polar surface area (TPSA) is 79.2 Å². The largest absolute Gasteiger partial charge is 0.358 e. The summed E-state index contributed by atoms with van der Waals surface area (Å²) in [6, 6.07) is 14.1. The van der Waals surface area contributed by atoms with Crippen LogP contribution >= 0.6 is 0 Å². The number of likely N-dealkylation sites (tertiary alicyclic amines) is 1. The molecule has 1 fully saturated rings. The van der Waals surface area contributed by atoms with Gasteiger partial charge in [-0.1, -0.05) is 29.8 Å². The minimum atomic E-state index is -0.501. The second-order valence-corrected chi connectivity index (χ2v) is 9.20. The molecule has 180 valence electrons. The zero-order valence-electron chi connectivity index (χ0n) is 19.1. The van der Waals surface area contributed by atoms with Crippen LogP contribution in [0.3, 0.4) is 0 Å². The van der Waals surface area contributed by atoms with Gasteiger partial charge in [-0.2, -0.15) is 0 Å². The number of H-pyrrole nitrogens is 1. The smallest absolute Gasteiger partial charge is 0.321 e. The lowest BCUT2D eigenvalue weighted by Gasteiger charge is -2.33. The summed E-state index contributed by atoms with van der Waals surface area (Å²) in [5, 5.41) is 11.1. The van der Waals surface area contributed by atoms with Gasteiger partial charge in [0, 0.05) is 38.0 Å². The molecule has 2 aromatic carbocycles. The molecule has 0 spiro atoms. The molecule has 1 atom stereocenters. The zero-order valence-corrected chi connectivity index (χ0v) is 19.1. The van der Waals surface area contributed by atoms with E-state index in [-0.39, 0.29) is 29.2 Å². The predicted octanol–water partition coefficient (Wildman–Crippen LogP) is 5.54. The number of nitrogens with one attached hydrogen (secondary N) is 1. The van der Waals surface area contributed by atoms with E-state index in [0.29, 0.717) is 30.6 Å². The van der Waals surface area contributed by atoms with Crippen molar-refractivity contribution in [2.24, 2.45) is 5.92 Å². The van der Waals surface area contributed by atoms with E-state index in [1.54, 1.807) is 24.3 Å². The molecule has 35 heavy (non-hydrogen) atoms. The molecule has 3 aromatic rings. The second kappa shape index (κ2) is 9.54. The van der Waals surface area contributed by atoms with E-state index < -0.39 is 4.92 Å². The summed E-state index contributed by atoms with van der Waals surface area (Å²) >= 11 is 0. The molecule has 0 bridgehead atoms. The van der Waals surface area contributed by atoms with Crippen LogP contribution in [-0.4, -0.2) is 40.2 Å². The van der Waals surface area contributed by atoms with Gasteiger partial charge in [0.05, 0.1) is 5.56 Å². The van der Waals surface area contributed by atoms with Crippen LogP contribution in [0.25, 0.3) is 5.57 Å².